The summed E-state index contributed by atoms with van der Waals surface area (Å²) in [7, 11) is 0. The average Bonchev–Trinajstić information content (AvgIpc) is 2.07. The lowest BCUT2D eigenvalue weighted by atomic mass is 10.2. The third-order valence-electron chi connectivity index (χ3n) is 1.03. The van der Waals surface area contributed by atoms with Gasteiger partial charge in [0.15, 0.2) is 6.29 Å². The van der Waals surface area contributed by atoms with E-state index in [1.807, 2.05) is 0 Å². The van der Waals surface area contributed by atoms with Crippen molar-refractivity contribution in [3.8, 4) is 0 Å². The average molecular weight is 170 g/mol. The maximum absolute atomic E-state index is 12.4. The molecule has 0 saturated heterocycles. The first-order valence-electron chi connectivity index (χ1n) is 3.56. The number of aliphatic hydroxyl groups is 1. The molecule has 0 bridgehead atoms. The molecule has 0 atom stereocenters. The first kappa shape index (κ1) is 10.8. The van der Waals surface area contributed by atoms with Crippen molar-refractivity contribution in [3.63, 3.8) is 0 Å². The summed E-state index contributed by atoms with van der Waals surface area (Å²) in [4.78, 5) is 9.99. The third-order valence-corrected chi connectivity index (χ3v) is 1.03. The predicted molar refractivity (Wildman–Crippen MR) is 44.5 cm³/mol. The maximum Gasteiger partial charge on any atom is 0.152 e. The van der Waals surface area contributed by atoms with Crippen LogP contribution in [0.2, 0.25) is 0 Å². The molecule has 2 nitrogen and oxygen atoms in total. The van der Waals surface area contributed by atoms with E-state index in [0.29, 0.717) is 6.29 Å². The SMILES string of the molecule is CCO.O=Cc1ccccc1F. The molecule has 0 aliphatic heterocycles. The molecule has 0 saturated carbocycles. The Morgan fingerprint density at radius 1 is 1.50 bits per heavy atom. The van der Waals surface area contributed by atoms with Gasteiger partial charge in [-0.3, -0.25) is 4.79 Å². The van der Waals surface area contributed by atoms with Crippen LogP contribution in [0.5, 0.6) is 0 Å². The monoisotopic (exact) mass is 170 g/mol. The van der Waals surface area contributed by atoms with Gasteiger partial charge in [-0.2, -0.15) is 0 Å². The van der Waals surface area contributed by atoms with Gasteiger partial charge in [-0.1, -0.05) is 12.1 Å². The van der Waals surface area contributed by atoms with Crippen LogP contribution in [0.3, 0.4) is 0 Å². The largest absolute Gasteiger partial charge is 0.397 e. The summed E-state index contributed by atoms with van der Waals surface area (Å²) in [5.41, 5.74) is 0.109. The van der Waals surface area contributed by atoms with Crippen LogP contribution in [0, 0.1) is 5.82 Å². The van der Waals surface area contributed by atoms with Crippen LogP contribution in [0.25, 0.3) is 0 Å². The van der Waals surface area contributed by atoms with Gasteiger partial charge in [-0.15, -0.1) is 0 Å². The Balaban J connectivity index is 0.000000354. The van der Waals surface area contributed by atoms with Gasteiger partial charge in [-0.25, -0.2) is 4.39 Å². The summed E-state index contributed by atoms with van der Waals surface area (Å²) < 4.78 is 12.4. The molecular formula is C9H11FO2. The van der Waals surface area contributed by atoms with Crippen molar-refractivity contribution in [1.82, 2.24) is 0 Å². The van der Waals surface area contributed by atoms with Crippen LogP contribution in [-0.2, 0) is 0 Å². The van der Waals surface area contributed by atoms with E-state index in [2.05, 4.69) is 0 Å². The molecular weight excluding hydrogens is 159 g/mol. The second-order valence-corrected chi connectivity index (χ2v) is 1.96. The van der Waals surface area contributed by atoms with Crippen molar-refractivity contribution >= 4 is 6.29 Å². The molecule has 0 radical (unpaired) electrons. The maximum atomic E-state index is 12.4. The fraction of sp³-hybridized carbons (Fsp3) is 0.222. The van der Waals surface area contributed by atoms with Gasteiger partial charge in [0.2, 0.25) is 0 Å². The van der Waals surface area contributed by atoms with E-state index in [0.717, 1.165) is 0 Å². The van der Waals surface area contributed by atoms with Crippen molar-refractivity contribution < 1.29 is 14.3 Å². The van der Waals surface area contributed by atoms with Crippen molar-refractivity contribution in [2.75, 3.05) is 6.61 Å². The molecule has 0 heterocycles. The fourth-order valence-corrected chi connectivity index (χ4v) is 0.571. The van der Waals surface area contributed by atoms with E-state index >= 15 is 0 Å². The van der Waals surface area contributed by atoms with E-state index in [9.17, 15) is 9.18 Å². The topological polar surface area (TPSA) is 37.3 Å². The zero-order valence-electron chi connectivity index (χ0n) is 6.83. The van der Waals surface area contributed by atoms with Crippen LogP contribution in [-0.4, -0.2) is 18.0 Å². The Morgan fingerprint density at radius 3 is 2.33 bits per heavy atom. The molecule has 0 spiro atoms. The summed E-state index contributed by atoms with van der Waals surface area (Å²) in [6.45, 7) is 1.93. The molecule has 1 aromatic carbocycles. The number of benzene rings is 1. The van der Waals surface area contributed by atoms with E-state index in [1.165, 1.54) is 12.1 Å². The molecule has 66 valence electrons. The molecule has 0 aliphatic carbocycles. The molecule has 0 aliphatic rings. The summed E-state index contributed by atoms with van der Waals surface area (Å²) >= 11 is 0. The van der Waals surface area contributed by atoms with E-state index in [4.69, 9.17) is 5.11 Å². The predicted octanol–water partition coefficient (Wildman–Crippen LogP) is 1.64. The quantitative estimate of drug-likeness (QED) is 0.650. The summed E-state index contributed by atoms with van der Waals surface area (Å²) in [5.74, 6) is -0.465. The number of carbonyl (C=O) groups is 1. The van der Waals surface area contributed by atoms with Crippen molar-refractivity contribution in [1.29, 1.82) is 0 Å². The van der Waals surface area contributed by atoms with Crippen LogP contribution >= 0.6 is 0 Å². The minimum Gasteiger partial charge on any atom is -0.397 e. The Bertz CT molecular complexity index is 236. The van der Waals surface area contributed by atoms with Crippen LogP contribution in [0.4, 0.5) is 4.39 Å². The van der Waals surface area contributed by atoms with Gasteiger partial charge < -0.3 is 5.11 Å². The number of aliphatic hydroxyl groups excluding tert-OH is 1. The molecule has 12 heavy (non-hydrogen) atoms. The zero-order chi connectivity index (χ0) is 9.40. The Morgan fingerprint density at radius 2 is 2.00 bits per heavy atom. The van der Waals surface area contributed by atoms with Crippen molar-refractivity contribution in [3.05, 3.63) is 35.6 Å². The van der Waals surface area contributed by atoms with Crippen LogP contribution in [0.1, 0.15) is 17.3 Å². The number of hydrogen-bond donors (Lipinski definition) is 1. The van der Waals surface area contributed by atoms with Gasteiger partial charge >= 0.3 is 0 Å². The summed E-state index contributed by atoms with van der Waals surface area (Å²) in [6.07, 6.45) is 0.495. The van der Waals surface area contributed by atoms with E-state index < -0.39 is 5.82 Å². The number of halogens is 1. The van der Waals surface area contributed by atoms with Gasteiger partial charge in [0.25, 0.3) is 0 Å². The molecule has 3 heteroatoms. The van der Waals surface area contributed by atoms with Crippen LogP contribution in [0.15, 0.2) is 24.3 Å². The minimum absolute atomic E-state index is 0.109. The number of hydrogen-bond acceptors (Lipinski definition) is 2. The van der Waals surface area contributed by atoms with Crippen molar-refractivity contribution in [2.45, 2.75) is 6.92 Å². The summed E-state index contributed by atoms with van der Waals surface area (Å²) in [6, 6.07) is 5.85. The van der Waals surface area contributed by atoms with E-state index in [1.54, 1.807) is 19.1 Å². The Labute approximate surface area is 70.7 Å². The Kier molecular flexibility index (Phi) is 5.83. The van der Waals surface area contributed by atoms with Gasteiger partial charge in [0.1, 0.15) is 5.82 Å². The molecule has 0 aromatic heterocycles. The Hall–Kier alpha value is -1.22. The lowest BCUT2D eigenvalue weighted by molar-refractivity contribution is 0.112. The van der Waals surface area contributed by atoms with Gasteiger partial charge in [-0.05, 0) is 19.1 Å². The highest BCUT2D eigenvalue weighted by Gasteiger charge is 1.94. The molecule has 0 amide bonds. The highest BCUT2D eigenvalue weighted by Crippen LogP contribution is 2.01. The first-order valence-corrected chi connectivity index (χ1v) is 3.56. The number of carbonyl (C=O) groups excluding carboxylic acids is 1. The zero-order valence-corrected chi connectivity index (χ0v) is 6.83. The standard InChI is InChI=1S/C7H5FO.C2H6O/c8-7-4-2-1-3-6(7)5-9;1-2-3/h1-5H;3H,2H2,1H3. The lowest BCUT2D eigenvalue weighted by Gasteiger charge is -1.88. The normalized spacial score (nSPS) is 8.25. The number of rotatable bonds is 1. The highest BCUT2D eigenvalue weighted by atomic mass is 19.1. The number of aldehydes is 1. The highest BCUT2D eigenvalue weighted by molar-refractivity contribution is 5.74. The second-order valence-electron chi connectivity index (χ2n) is 1.96. The van der Waals surface area contributed by atoms with Crippen molar-refractivity contribution in [2.24, 2.45) is 0 Å². The van der Waals surface area contributed by atoms with Gasteiger partial charge in [0, 0.05) is 6.61 Å². The molecule has 1 rings (SSSR count). The third kappa shape index (κ3) is 3.83. The smallest absolute Gasteiger partial charge is 0.152 e. The molecule has 1 N–H and O–H groups in total. The second kappa shape index (κ2) is 6.49. The molecule has 1 aromatic rings. The summed E-state index contributed by atoms with van der Waals surface area (Å²) in [5, 5.41) is 7.57. The van der Waals surface area contributed by atoms with Crippen LogP contribution < -0.4 is 0 Å². The molecule has 0 fully saturated rings. The lowest BCUT2D eigenvalue weighted by Crippen LogP contribution is -1.83. The first-order chi connectivity index (χ1) is 5.76. The van der Waals surface area contributed by atoms with E-state index in [-0.39, 0.29) is 12.2 Å². The molecule has 0 unspecified atom stereocenters. The minimum atomic E-state index is -0.465. The van der Waals surface area contributed by atoms with Gasteiger partial charge in [0.05, 0.1) is 5.56 Å². The fourth-order valence-electron chi connectivity index (χ4n) is 0.571.